The molecule has 0 amide bonds. The Morgan fingerprint density at radius 1 is 1.17 bits per heavy atom. The number of halogens is 3. The third-order valence-electron chi connectivity index (χ3n) is 3.07. The van der Waals surface area contributed by atoms with E-state index in [1.165, 1.54) is 0 Å². The summed E-state index contributed by atoms with van der Waals surface area (Å²) in [4.78, 5) is 11.8. The van der Waals surface area contributed by atoms with E-state index < -0.39 is 30.1 Å². The number of ether oxygens (including phenoxy) is 1. The first-order valence-corrected chi connectivity index (χ1v) is 6.40. The maximum Gasteiger partial charge on any atom is 0.389 e. The van der Waals surface area contributed by atoms with Crippen molar-refractivity contribution in [3.63, 3.8) is 0 Å². The predicted molar refractivity (Wildman–Crippen MR) is 64.1 cm³/mol. The highest BCUT2D eigenvalue weighted by atomic mass is 19.4. The van der Waals surface area contributed by atoms with Crippen LogP contribution in [0.5, 0.6) is 0 Å². The van der Waals surface area contributed by atoms with Crippen LogP contribution in [0.25, 0.3) is 0 Å². The summed E-state index contributed by atoms with van der Waals surface area (Å²) in [6.07, 6.45) is -4.11. The second-order valence-corrected chi connectivity index (χ2v) is 5.21. The molecule has 0 saturated carbocycles. The number of alkyl halides is 3. The highest BCUT2D eigenvalue weighted by Crippen LogP contribution is 2.27. The number of rotatable bonds is 7. The van der Waals surface area contributed by atoms with E-state index in [4.69, 9.17) is 4.74 Å². The molecule has 0 aliphatic heterocycles. The first-order chi connectivity index (χ1) is 8.12. The molecule has 1 atom stereocenters. The molecule has 0 rings (SSSR count). The van der Waals surface area contributed by atoms with Gasteiger partial charge >= 0.3 is 12.1 Å². The number of hydrogen-bond donors (Lipinski definition) is 0. The van der Waals surface area contributed by atoms with E-state index in [2.05, 4.69) is 0 Å². The lowest BCUT2D eigenvalue weighted by molar-refractivity contribution is -0.166. The van der Waals surface area contributed by atoms with Crippen molar-refractivity contribution in [2.75, 3.05) is 0 Å². The van der Waals surface area contributed by atoms with Gasteiger partial charge in [0.25, 0.3) is 0 Å². The van der Waals surface area contributed by atoms with E-state index in [-0.39, 0.29) is 6.42 Å². The molecule has 0 aromatic heterocycles. The fourth-order valence-electron chi connectivity index (χ4n) is 1.36. The van der Waals surface area contributed by atoms with Gasteiger partial charge in [0.05, 0.1) is 5.41 Å². The van der Waals surface area contributed by atoms with Gasteiger partial charge in [-0.25, -0.2) is 0 Å². The van der Waals surface area contributed by atoms with Crippen molar-refractivity contribution in [3.8, 4) is 0 Å². The van der Waals surface area contributed by atoms with Gasteiger partial charge in [-0.2, -0.15) is 13.2 Å². The monoisotopic (exact) mass is 268 g/mol. The molecule has 108 valence electrons. The molecule has 0 bridgehead atoms. The van der Waals surface area contributed by atoms with E-state index in [0.29, 0.717) is 19.3 Å². The van der Waals surface area contributed by atoms with Gasteiger partial charge in [-0.05, 0) is 33.1 Å². The number of hydrogen-bond acceptors (Lipinski definition) is 2. The van der Waals surface area contributed by atoms with Gasteiger partial charge in [-0.3, -0.25) is 4.79 Å². The third-order valence-corrected chi connectivity index (χ3v) is 3.07. The molecule has 0 aromatic carbocycles. The van der Waals surface area contributed by atoms with Crippen LogP contribution in [-0.4, -0.2) is 18.2 Å². The molecule has 0 heterocycles. The molecule has 0 radical (unpaired) electrons. The maximum atomic E-state index is 12.2. The second kappa shape index (κ2) is 7.00. The van der Waals surface area contributed by atoms with Crippen LogP contribution in [0.1, 0.15) is 59.8 Å². The molecule has 18 heavy (non-hydrogen) atoms. The normalized spacial score (nSPS) is 14.4. The van der Waals surface area contributed by atoms with Crippen LogP contribution in [0.15, 0.2) is 0 Å². The van der Waals surface area contributed by atoms with Crippen molar-refractivity contribution in [2.24, 2.45) is 5.41 Å². The minimum Gasteiger partial charge on any atom is -0.462 e. The Bertz CT molecular complexity index is 259. The van der Waals surface area contributed by atoms with Crippen LogP contribution >= 0.6 is 0 Å². The summed E-state index contributed by atoms with van der Waals surface area (Å²) in [5.41, 5.74) is -0.635. The molecule has 0 aliphatic carbocycles. The molecular formula is C13H23F3O2. The Kier molecular flexibility index (Phi) is 6.71. The number of esters is 1. The van der Waals surface area contributed by atoms with Gasteiger partial charge in [-0.1, -0.05) is 20.3 Å². The Balaban J connectivity index is 4.40. The van der Waals surface area contributed by atoms with E-state index in [1.54, 1.807) is 13.8 Å². The summed E-state index contributed by atoms with van der Waals surface area (Å²) in [5, 5.41) is 0. The summed E-state index contributed by atoms with van der Waals surface area (Å²) in [6, 6.07) is 0. The average molecular weight is 268 g/mol. The van der Waals surface area contributed by atoms with Gasteiger partial charge in [0.2, 0.25) is 0 Å². The molecule has 0 saturated heterocycles. The highest BCUT2D eigenvalue weighted by molar-refractivity contribution is 5.75. The van der Waals surface area contributed by atoms with E-state index in [9.17, 15) is 18.0 Å². The summed E-state index contributed by atoms with van der Waals surface area (Å²) in [6.45, 7) is 7.19. The van der Waals surface area contributed by atoms with Crippen molar-refractivity contribution in [1.82, 2.24) is 0 Å². The molecule has 0 aliphatic rings. The number of carbonyl (C=O) groups excluding carboxylic acids is 1. The molecule has 5 heteroatoms. The van der Waals surface area contributed by atoms with Crippen molar-refractivity contribution in [2.45, 2.75) is 72.1 Å². The lowest BCUT2D eigenvalue weighted by atomic mass is 9.90. The zero-order chi connectivity index (χ0) is 14.4. The zero-order valence-electron chi connectivity index (χ0n) is 11.6. The topological polar surface area (TPSA) is 26.3 Å². The molecule has 0 fully saturated rings. The SMILES string of the molecule is CCCC(CCC(F)(F)F)OC(=O)C(C)(C)CC. The van der Waals surface area contributed by atoms with Gasteiger partial charge in [-0.15, -0.1) is 0 Å². The Morgan fingerprint density at radius 2 is 1.72 bits per heavy atom. The fraction of sp³-hybridized carbons (Fsp3) is 0.923. The summed E-state index contributed by atoms with van der Waals surface area (Å²) in [7, 11) is 0. The lowest BCUT2D eigenvalue weighted by Crippen LogP contribution is -2.30. The minimum atomic E-state index is -4.20. The van der Waals surface area contributed by atoms with Gasteiger partial charge in [0.15, 0.2) is 0 Å². The van der Waals surface area contributed by atoms with Crippen molar-refractivity contribution in [3.05, 3.63) is 0 Å². The van der Waals surface area contributed by atoms with Crippen molar-refractivity contribution < 1.29 is 22.7 Å². The zero-order valence-corrected chi connectivity index (χ0v) is 11.6. The van der Waals surface area contributed by atoms with Crippen LogP contribution < -0.4 is 0 Å². The number of carbonyl (C=O) groups is 1. The van der Waals surface area contributed by atoms with E-state index >= 15 is 0 Å². The van der Waals surface area contributed by atoms with Crippen LogP contribution in [0.2, 0.25) is 0 Å². The van der Waals surface area contributed by atoms with E-state index in [0.717, 1.165) is 0 Å². The van der Waals surface area contributed by atoms with Gasteiger partial charge < -0.3 is 4.74 Å². The Morgan fingerprint density at radius 3 is 2.11 bits per heavy atom. The highest BCUT2D eigenvalue weighted by Gasteiger charge is 2.32. The van der Waals surface area contributed by atoms with Gasteiger partial charge in [0.1, 0.15) is 6.10 Å². The van der Waals surface area contributed by atoms with E-state index in [1.807, 2.05) is 13.8 Å². The lowest BCUT2D eigenvalue weighted by Gasteiger charge is -2.25. The standard InChI is InChI=1S/C13H23F3O2/c1-5-7-10(8-9-13(14,15)16)18-11(17)12(3,4)6-2/h10H,5-9H2,1-4H3. The molecular weight excluding hydrogens is 245 g/mol. The second-order valence-electron chi connectivity index (χ2n) is 5.21. The smallest absolute Gasteiger partial charge is 0.389 e. The first-order valence-electron chi connectivity index (χ1n) is 6.40. The summed E-state index contributed by atoms with van der Waals surface area (Å²) in [5.74, 6) is -0.411. The predicted octanol–water partition coefficient (Wildman–Crippen LogP) is 4.48. The third kappa shape index (κ3) is 6.87. The quantitative estimate of drug-likeness (QED) is 0.636. The van der Waals surface area contributed by atoms with Gasteiger partial charge in [0, 0.05) is 6.42 Å². The van der Waals surface area contributed by atoms with Crippen LogP contribution in [0.3, 0.4) is 0 Å². The maximum absolute atomic E-state index is 12.2. The van der Waals surface area contributed by atoms with Crippen molar-refractivity contribution >= 4 is 5.97 Å². The summed E-state index contributed by atoms with van der Waals surface area (Å²) >= 11 is 0. The Labute approximate surface area is 107 Å². The summed E-state index contributed by atoms with van der Waals surface area (Å²) < 4.78 is 41.7. The Hall–Kier alpha value is -0.740. The fourth-order valence-corrected chi connectivity index (χ4v) is 1.36. The molecule has 1 unspecified atom stereocenters. The van der Waals surface area contributed by atoms with Crippen molar-refractivity contribution in [1.29, 1.82) is 0 Å². The molecule has 0 spiro atoms. The van der Waals surface area contributed by atoms with Crippen LogP contribution in [0, 0.1) is 5.41 Å². The first kappa shape index (κ1) is 17.3. The average Bonchev–Trinajstić information content (AvgIpc) is 2.25. The molecule has 2 nitrogen and oxygen atoms in total. The molecule has 0 N–H and O–H groups in total. The molecule has 0 aromatic rings. The largest absolute Gasteiger partial charge is 0.462 e. The minimum absolute atomic E-state index is 0.150. The van der Waals surface area contributed by atoms with Crippen LogP contribution in [0.4, 0.5) is 13.2 Å². The van der Waals surface area contributed by atoms with Crippen LogP contribution in [-0.2, 0) is 9.53 Å².